The van der Waals surface area contributed by atoms with E-state index in [1.165, 1.54) is 18.2 Å². The second-order valence-corrected chi connectivity index (χ2v) is 3.01. The van der Waals surface area contributed by atoms with E-state index in [9.17, 15) is 9.59 Å². The maximum atomic E-state index is 10.8. The number of carboxylic acids is 1. The van der Waals surface area contributed by atoms with Crippen molar-refractivity contribution in [3.8, 4) is 12.3 Å². The molecule has 0 aliphatic carbocycles. The molecule has 0 atom stereocenters. The molecule has 2 N–H and O–H groups in total. The molecule has 0 aliphatic heterocycles. The average Bonchev–Trinajstić information content (AvgIpc) is 2.20. The molecule has 0 radical (unpaired) electrons. The van der Waals surface area contributed by atoms with Crippen molar-refractivity contribution in [1.29, 1.82) is 0 Å². The molecule has 0 aromatic heterocycles. The maximum absolute atomic E-state index is 10.8. The minimum atomic E-state index is -1.09. The largest absolute Gasteiger partial charge is 0.478 e. The van der Waals surface area contributed by atoms with Crippen LogP contribution in [0.5, 0.6) is 0 Å². The lowest BCUT2D eigenvalue weighted by Crippen LogP contribution is -2.08. The van der Waals surface area contributed by atoms with Crippen molar-refractivity contribution < 1.29 is 14.7 Å². The number of carbonyl (C=O) groups excluding carboxylic acids is 1. The number of halogens is 1. The van der Waals surface area contributed by atoms with Gasteiger partial charge in [-0.25, -0.2) is 4.79 Å². The van der Waals surface area contributed by atoms with Crippen LogP contribution in [-0.2, 0) is 4.79 Å². The monoisotopic (exact) mass is 223 g/mol. The van der Waals surface area contributed by atoms with E-state index in [1.54, 1.807) is 0 Å². The topological polar surface area (TPSA) is 66.4 Å². The van der Waals surface area contributed by atoms with Crippen LogP contribution in [0.25, 0.3) is 0 Å². The van der Waals surface area contributed by atoms with Crippen molar-refractivity contribution in [2.75, 3.05) is 5.32 Å². The van der Waals surface area contributed by atoms with Crippen molar-refractivity contribution in [3.63, 3.8) is 0 Å². The minimum Gasteiger partial charge on any atom is -0.478 e. The summed E-state index contributed by atoms with van der Waals surface area (Å²) < 4.78 is 0. The second-order valence-electron chi connectivity index (χ2n) is 2.60. The zero-order valence-corrected chi connectivity index (χ0v) is 8.21. The van der Waals surface area contributed by atoms with Gasteiger partial charge in [0.2, 0.25) is 0 Å². The lowest BCUT2D eigenvalue weighted by molar-refractivity contribution is -0.111. The van der Waals surface area contributed by atoms with Gasteiger partial charge in [0.05, 0.1) is 16.3 Å². The predicted octanol–water partition coefficient (Wildman–Crippen LogP) is 1.61. The molecule has 1 rings (SSSR count). The van der Waals surface area contributed by atoms with Crippen molar-refractivity contribution >= 4 is 29.2 Å². The molecule has 0 saturated heterocycles. The molecule has 0 unspecified atom stereocenters. The van der Waals surface area contributed by atoms with E-state index < -0.39 is 11.9 Å². The number of aromatic carboxylic acids is 1. The van der Waals surface area contributed by atoms with Crippen LogP contribution in [0.3, 0.4) is 0 Å². The van der Waals surface area contributed by atoms with Crippen molar-refractivity contribution in [2.45, 2.75) is 0 Å². The Kier molecular flexibility index (Phi) is 3.32. The van der Waals surface area contributed by atoms with Gasteiger partial charge in [-0.2, -0.15) is 0 Å². The average molecular weight is 224 g/mol. The van der Waals surface area contributed by atoms with Crippen LogP contribution in [0.2, 0.25) is 5.02 Å². The van der Waals surface area contributed by atoms with Gasteiger partial charge in [-0.15, -0.1) is 6.42 Å². The van der Waals surface area contributed by atoms with E-state index >= 15 is 0 Å². The predicted molar refractivity (Wildman–Crippen MR) is 55.9 cm³/mol. The molecule has 0 spiro atoms. The summed E-state index contributed by atoms with van der Waals surface area (Å²) in [6.45, 7) is 0. The summed E-state index contributed by atoms with van der Waals surface area (Å²) in [4.78, 5) is 21.4. The van der Waals surface area contributed by atoms with E-state index in [2.05, 4.69) is 5.32 Å². The molecule has 76 valence electrons. The lowest BCUT2D eigenvalue weighted by atomic mass is 10.2. The third-order valence-electron chi connectivity index (χ3n) is 1.60. The Balaban J connectivity index is 2.99. The molecule has 0 saturated carbocycles. The van der Waals surface area contributed by atoms with Gasteiger partial charge in [-0.3, -0.25) is 4.79 Å². The highest BCUT2D eigenvalue weighted by molar-refractivity contribution is 6.34. The highest BCUT2D eigenvalue weighted by Gasteiger charge is 2.08. The van der Waals surface area contributed by atoms with Crippen LogP contribution in [0, 0.1) is 12.3 Å². The van der Waals surface area contributed by atoms with Crippen LogP contribution >= 0.6 is 11.6 Å². The Morgan fingerprint density at radius 3 is 2.60 bits per heavy atom. The van der Waals surface area contributed by atoms with Crippen LogP contribution in [0.4, 0.5) is 5.69 Å². The Bertz CT molecular complexity index is 462. The highest BCUT2D eigenvalue weighted by Crippen LogP contribution is 2.22. The highest BCUT2D eigenvalue weighted by atomic mass is 35.5. The van der Waals surface area contributed by atoms with Gasteiger partial charge in [0.15, 0.2) is 0 Å². The number of amides is 1. The molecule has 1 aromatic carbocycles. The van der Waals surface area contributed by atoms with E-state index in [0.29, 0.717) is 0 Å². The summed E-state index contributed by atoms with van der Waals surface area (Å²) in [5.74, 6) is 0.123. The third-order valence-corrected chi connectivity index (χ3v) is 1.91. The zero-order chi connectivity index (χ0) is 11.4. The fourth-order valence-electron chi connectivity index (χ4n) is 0.908. The molecule has 0 aliphatic rings. The van der Waals surface area contributed by atoms with Crippen LogP contribution in [0.1, 0.15) is 10.4 Å². The number of terminal acetylenes is 1. The lowest BCUT2D eigenvalue weighted by Gasteiger charge is -2.04. The second kappa shape index (κ2) is 4.49. The first kappa shape index (κ1) is 11.1. The molecule has 5 heteroatoms. The molecule has 0 heterocycles. The van der Waals surface area contributed by atoms with E-state index in [0.717, 1.165) is 0 Å². The smallest absolute Gasteiger partial charge is 0.335 e. The molecule has 0 fully saturated rings. The number of carboxylic acid groups (broad SMARTS) is 1. The molecule has 15 heavy (non-hydrogen) atoms. The SMILES string of the molecule is C#CC(=O)Nc1ccc(C(=O)O)cc1Cl. The first-order valence-corrected chi connectivity index (χ1v) is 4.23. The van der Waals surface area contributed by atoms with Crippen LogP contribution in [-0.4, -0.2) is 17.0 Å². The van der Waals surface area contributed by atoms with E-state index in [4.69, 9.17) is 23.1 Å². The van der Waals surface area contributed by atoms with Gasteiger partial charge in [-0.05, 0) is 24.1 Å². The van der Waals surface area contributed by atoms with Crippen molar-refractivity contribution in [2.24, 2.45) is 0 Å². The molecule has 1 amide bonds. The summed E-state index contributed by atoms with van der Waals surface area (Å²) >= 11 is 5.73. The Morgan fingerprint density at radius 1 is 1.47 bits per heavy atom. The number of nitrogens with one attached hydrogen (secondary N) is 1. The Hall–Kier alpha value is -1.99. The number of carbonyl (C=O) groups is 2. The van der Waals surface area contributed by atoms with Crippen molar-refractivity contribution in [3.05, 3.63) is 28.8 Å². The van der Waals surface area contributed by atoms with Gasteiger partial charge in [0.25, 0.3) is 5.91 Å². The summed E-state index contributed by atoms with van der Waals surface area (Å²) in [6.07, 6.45) is 4.85. The van der Waals surface area contributed by atoms with E-state index in [-0.39, 0.29) is 16.3 Å². The maximum Gasteiger partial charge on any atom is 0.335 e. The number of rotatable bonds is 2. The third kappa shape index (κ3) is 2.73. The quantitative estimate of drug-likeness (QED) is 0.749. The minimum absolute atomic E-state index is 0.0405. The molecule has 4 nitrogen and oxygen atoms in total. The Labute approximate surface area is 90.9 Å². The summed E-state index contributed by atoms with van der Waals surface area (Å²) in [7, 11) is 0. The van der Waals surface area contributed by atoms with Gasteiger partial charge >= 0.3 is 5.97 Å². The molecular formula is C10H6ClNO3. The fourth-order valence-corrected chi connectivity index (χ4v) is 1.14. The van der Waals surface area contributed by atoms with Crippen molar-refractivity contribution in [1.82, 2.24) is 0 Å². The zero-order valence-electron chi connectivity index (χ0n) is 7.45. The van der Waals surface area contributed by atoms with Gasteiger partial charge < -0.3 is 10.4 Å². The first-order chi connectivity index (χ1) is 7.04. The molecule has 0 bridgehead atoms. The number of hydrogen-bond donors (Lipinski definition) is 2. The summed E-state index contributed by atoms with van der Waals surface area (Å²) in [5, 5.41) is 11.1. The number of benzene rings is 1. The van der Waals surface area contributed by atoms with Gasteiger partial charge in [0, 0.05) is 0 Å². The number of anilines is 1. The summed E-state index contributed by atoms with van der Waals surface area (Å²) in [5.41, 5.74) is 0.323. The normalized spacial score (nSPS) is 9.07. The molecule has 1 aromatic rings. The standard InChI is InChI=1S/C10H6ClNO3/c1-2-9(13)12-8-4-3-6(10(14)15)5-7(8)11/h1,3-5H,(H,12,13)(H,14,15). The fraction of sp³-hybridized carbons (Fsp3) is 0. The van der Waals surface area contributed by atoms with Gasteiger partial charge in [-0.1, -0.05) is 11.6 Å². The van der Waals surface area contributed by atoms with E-state index in [1.807, 2.05) is 5.92 Å². The summed E-state index contributed by atoms with van der Waals surface area (Å²) in [6, 6.07) is 3.93. The number of hydrogen-bond acceptors (Lipinski definition) is 2. The first-order valence-electron chi connectivity index (χ1n) is 3.85. The Morgan fingerprint density at radius 2 is 2.13 bits per heavy atom. The van der Waals surface area contributed by atoms with Gasteiger partial charge in [0.1, 0.15) is 0 Å². The molecular weight excluding hydrogens is 218 g/mol. The van der Waals surface area contributed by atoms with Crippen LogP contribution in [0.15, 0.2) is 18.2 Å². The van der Waals surface area contributed by atoms with Crippen LogP contribution < -0.4 is 5.32 Å².